The summed E-state index contributed by atoms with van der Waals surface area (Å²) in [5, 5.41) is 3.00. The van der Waals surface area contributed by atoms with Crippen LogP contribution in [0.3, 0.4) is 0 Å². The summed E-state index contributed by atoms with van der Waals surface area (Å²) in [5.41, 5.74) is 19.0. The van der Waals surface area contributed by atoms with E-state index in [4.69, 9.17) is 0 Å². The van der Waals surface area contributed by atoms with Crippen LogP contribution in [0, 0.1) is 0 Å². The van der Waals surface area contributed by atoms with Gasteiger partial charge in [0.25, 0.3) is 0 Å². The monoisotopic (exact) mass is 919 g/mol. The molecule has 0 nitrogen and oxygen atoms in total. The Hall–Kier alpha value is -3.52. The molecule has 0 saturated carbocycles. The number of rotatable bonds is 13. The molecule has 305 valence electrons. The fourth-order valence-corrected chi connectivity index (χ4v) is 39.4. The molecule has 0 bridgehead atoms. The van der Waals surface area contributed by atoms with Crippen LogP contribution in [0.1, 0.15) is 133 Å². The number of hydrogen-bond donors (Lipinski definition) is 0. The van der Waals surface area contributed by atoms with Crippen molar-refractivity contribution in [1.82, 2.24) is 0 Å². The van der Waals surface area contributed by atoms with Crippen LogP contribution in [0.15, 0.2) is 139 Å². The molecule has 6 aromatic rings. The predicted molar refractivity (Wildman–Crippen MR) is 263 cm³/mol. The molecule has 0 saturated heterocycles. The minimum atomic E-state index is -5.67. The Labute approximate surface area is 370 Å². The van der Waals surface area contributed by atoms with Gasteiger partial charge in [0.1, 0.15) is 0 Å². The maximum absolute atomic E-state index is 9.48. The quantitative estimate of drug-likeness (QED) is 0.101. The van der Waals surface area contributed by atoms with Gasteiger partial charge in [-0.05, 0) is 0 Å². The molecular weight excluding hydrogens is 863 g/mol. The normalized spacial score (nSPS) is 17.6. The Morgan fingerprint density at radius 1 is 0.533 bits per heavy atom. The van der Waals surface area contributed by atoms with E-state index < -0.39 is 25.9 Å². The van der Waals surface area contributed by atoms with Crippen molar-refractivity contribution >= 4 is 52.3 Å². The van der Waals surface area contributed by atoms with Gasteiger partial charge < -0.3 is 0 Å². The SMILES string of the molecule is CCCCC1=Cc2c(ccc(C(C)C)c2-c2ccccc2)[CH]1[Zr]([Cl])([Cl])([c]1cccc2c1[SiH2]c1ccccc1-2)[CH]1C(CCCC)=Cc2c1ccc(C(C)C)c2-c1ccccc1. The topological polar surface area (TPSA) is 0 Å². The Kier molecular flexibility index (Phi) is 11.6. The summed E-state index contributed by atoms with van der Waals surface area (Å²) < 4.78 is 1.18. The second-order valence-corrected chi connectivity index (χ2v) is 40.9. The number of fused-ring (bicyclic) bond motifs is 5. The van der Waals surface area contributed by atoms with Crippen LogP contribution in [0.2, 0.25) is 0 Å². The molecule has 1 aliphatic heterocycles. The molecule has 4 heteroatoms. The first kappa shape index (κ1) is 41.8. The van der Waals surface area contributed by atoms with E-state index in [1.807, 2.05) is 0 Å². The van der Waals surface area contributed by atoms with Crippen LogP contribution >= 0.6 is 17.0 Å². The molecular formula is C56H59Cl2SiZr. The van der Waals surface area contributed by atoms with Crippen molar-refractivity contribution in [1.29, 1.82) is 0 Å². The summed E-state index contributed by atoms with van der Waals surface area (Å²) in [6, 6.07) is 48.2. The van der Waals surface area contributed by atoms with E-state index in [1.165, 1.54) is 91.6 Å². The summed E-state index contributed by atoms with van der Waals surface area (Å²) in [7, 11) is 18.1. The van der Waals surface area contributed by atoms with Gasteiger partial charge in [0.15, 0.2) is 0 Å². The third kappa shape index (κ3) is 6.79. The first-order valence-corrected chi connectivity index (χ1v) is 34.5. The van der Waals surface area contributed by atoms with Crippen molar-refractivity contribution in [3.63, 3.8) is 0 Å². The van der Waals surface area contributed by atoms with Crippen molar-refractivity contribution in [3.05, 3.63) is 172 Å². The molecule has 6 aromatic carbocycles. The zero-order valence-electron chi connectivity index (χ0n) is 36.3. The average Bonchev–Trinajstić information content (AvgIpc) is 3.96. The molecule has 0 aromatic heterocycles. The molecule has 0 fully saturated rings. The minimum absolute atomic E-state index is 0.0739. The molecule has 60 heavy (non-hydrogen) atoms. The van der Waals surface area contributed by atoms with E-state index in [-0.39, 0.29) is 7.25 Å². The molecule has 2 unspecified atom stereocenters. The van der Waals surface area contributed by atoms with Crippen LogP contribution in [0.4, 0.5) is 0 Å². The summed E-state index contributed by atoms with van der Waals surface area (Å²) >= 11 is -5.67. The summed E-state index contributed by atoms with van der Waals surface area (Å²) in [6.45, 7) is 14.0. The van der Waals surface area contributed by atoms with Crippen LogP contribution < -0.4 is 13.6 Å². The average molecular weight is 922 g/mol. The molecule has 0 N–H and O–H groups in total. The first-order chi connectivity index (χ1) is 29.1. The Morgan fingerprint density at radius 3 is 1.48 bits per heavy atom. The van der Waals surface area contributed by atoms with Crippen molar-refractivity contribution in [2.75, 3.05) is 0 Å². The van der Waals surface area contributed by atoms with Crippen molar-refractivity contribution in [3.8, 4) is 33.4 Å². The van der Waals surface area contributed by atoms with Gasteiger partial charge in [0, 0.05) is 0 Å². The van der Waals surface area contributed by atoms with Crippen molar-refractivity contribution in [2.24, 2.45) is 0 Å². The van der Waals surface area contributed by atoms with Crippen LogP contribution in [0.25, 0.3) is 45.5 Å². The third-order valence-corrected chi connectivity index (χ3v) is 36.9. The number of allylic oxidation sites excluding steroid dienone is 2. The fraction of sp³-hybridized carbons (Fsp3) is 0.286. The number of unbranched alkanes of at least 4 members (excludes halogenated alkanes) is 2. The van der Waals surface area contributed by atoms with Gasteiger partial charge in [0.2, 0.25) is 0 Å². The van der Waals surface area contributed by atoms with Gasteiger partial charge in [-0.15, -0.1) is 0 Å². The van der Waals surface area contributed by atoms with Gasteiger partial charge in [-0.25, -0.2) is 0 Å². The Morgan fingerprint density at radius 2 is 1.00 bits per heavy atom. The second-order valence-electron chi connectivity index (χ2n) is 18.4. The molecule has 0 amide bonds. The van der Waals surface area contributed by atoms with Crippen molar-refractivity contribution in [2.45, 2.75) is 99.2 Å². The molecule has 2 atom stereocenters. The van der Waals surface area contributed by atoms with E-state index in [9.17, 15) is 17.0 Å². The van der Waals surface area contributed by atoms with Gasteiger partial charge in [-0.2, -0.15) is 0 Å². The van der Waals surface area contributed by atoms with E-state index in [1.54, 1.807) is 0 Å². The summed E-state index contributed by atoms with van der Waals surface area (Å²) in [6.07, 6.45) is 11.6. The maximum atomic E-state index is 9.48. The van der Waals surface area contributed by atoms with Gasteiger partial charge in [0.05, 0.1) is 0 Å². The number of benzene rings is 6. The van der Waals surface area contributed by atoms with E-state index in [0.717, 1.165) is 38.5 Å². The van der Waals surface area contributed by atoms with E-state index >= 15 is 0 Å². The summed E-state index contributed by atoms with van der Waals surface area (Å²) in [5.74, 6) is 0.731. The van der Waals surface area contributed by atoms with Gasteiger partial charge in [-0.1, -0.05) is 0 Å². The van der Waals surface area contributed by atoms with E-state index in [2.05, 4.69) is 181 Å². The summed E-state index contributed by atoms with van der Waals surface area (Å²) in [4.78, 5) is 0. The first-order valence-electron chi connectivity index (χ1n) is 22.7. The van der Waals surface area contributed by atoms with Crippen LogP contribution in [-0.4, -0.2) is 9.52 Å². The number of halogens is 2. The van der Waals surface area contributed by atoms with Crippen molar-refractivity contribution < 1.29 is 16.4 Å². The fourth-order valence-electron chi connectivity index (χ4n) is 11.4. The molecule has 9 rings (SSSR count). The van der Waals surface area contributed by atoms with E-state index in [0.29, 0.717) is 11.8 Å². The predicted octanol–water partition coefficient (Wildman–Crippen LogP) is 14.6. The molecule has 1 heterocycles. The zero-order valence-corrected chi connectivity index (χ0v) is 41.7. The Balaban J connectivity index is 1.40. The zero-order chi connectivity index (χ0) is 41.8. The molecule has 2 aliphatic carbocycles. The molecule has 0 spiro atoms. The van der Waals surface area contributed by atoms with Crippen LogP contribution in [-0.2, 0) is 16.4 Å². The molecule has 0 radical (unpaired) electrons. The second kappa shape index (κ2) is 16.6. The third-order valence-electron chi connectivity index (χ3n) is 14.1. The van der Waals surface area contributed by atoms with Gasteiger partial charge in [-0.3, -0.25) is 0 Å². The van der Waals surface area contributed by atoms with Crippen LogP contribution in [0.5, 0.6) is 0 Å². The molecule has 3 aliphatic rings. The number of hydrogen-bond acceptors (Lipinski definition) is 0. The Bertz CT molecular complexity index is 2520. The standard InChI is InChI=1S/2C22H25.C12H9Si.2ClH.Zr/c2*1-4-5-9-17-14-19-12-13-20(16(2)3)22(21(19)15-17)18-10-7-6-8-11-18;1-3-7-11-9(5-1)10-6-2-4-8-12(10)13-11;;;/h2*6-8,10-16H,4-5,9H2,1-3H3;1-7H,13H2;2*1H;/q;;;;;+2/p-2. The van der Waals surface area contributed by atoms with Gasteiger partial charge >= 0.3 is 373 Å².